The van der Waals surface area contributed by atoms with Crippen LogP contribution in [0.1, 0.15) is 47.7 Å². The lowest BCUT2D eigenvalue weighted by atomic mass is 10.1. The van der Waals surface area contributed by atoms with E-state index in [1.54, 1.807) is 49.5 Å². The summed E-state index contributed by atoms with van der Waals surface area (Å²) in [7, 11) is -2.11. The Balaban J connectivity index is 1.87. The predicted molar refractivity (Wildman–Crippen MR) is 117 cm³/mol. The molecule has 0 saturated carbocycles. The smallest absolute Gasteiger partial charge is 0.253 e. The van der Waals surface area contributed by atoms with E-state index in [4.69, 9.17) is 4.74 Å². The maximum Gasteiger partial charge on any atom is 0.253 e. The normalized spacial score (nSPS) is 14.7. The van der Waals surface area contributed by atoms with Crippen molar-refractivity contribution in [2.45, 2.75) is 44.6 Å². The molecule has 0 N–H and O–H groups in total. The molecule has 1 heterocycles. The monoisotopic (exact) mass is 430 g/mol. The Morgan fingerprint density at radius 1 is 1.07 bits per heavy atom. The first-order chi connectivity index (χ1) is 14.3. The van der Waals surface area contributed by atoms with Crippen molar-refractivity contribution in [3.05, 3.63) is 59.2 Å². The lowest BCUT2D eigenvalue weighted by Gasteiger charge is -2.27. The van der Waals surface area contributed by atoms with Crippen molar-refractivity contribution in [1.29, 1.82) is 0 Å². The number of ether oxygens (including phenoxy) is 1. The van der Waals surface area contributed by atoms with Gasteiger partial charge in [-0.05, 0) is 63.4 Å². The van der Waals surface area contributed by atoms with Crippen LogP contribution in [0, 0.1) is 6.92 Å². The van der Waals surface area contributed by atoms with Gasteiger partial charge < -0.3 is 9.64 Å². The highest BCUT2D eigenvalue weighted by molar-refractivity contribution is 7.89. The summed E-state index contributed by atoms with van der Waals surface area (Å²) in [6.07, 6.45) is 3.19. The molecule has 162 valence electrons. The van der Waals surface area contributed by atoms with Gasteiger partial charge in [0.2, 0.25) is 10.0 Å². The fraction of sp³-hybridized carbons (Fsp3) is 0.435. The summed E-state index contributed by atoms with van der Waals surface area (Å²) in [5, 5.41) is 0. The van der Waals surface area contributed by atoms with Crippen molar-refractivity contribution in [3.8, 4) is 5.75 Å². The second-order valence-electron chi connectivity index (χ2n) is 7.68. The number of piperidine rings is 1. The zero-order valence-corrected chi connectivity index (χ0v) is 18.7. The fourth-order valence-electron chi connectivity index (χ4n) is 3.63. The van der Waals surface area contributed by atoms with Gasteiger partial charge in [0.05, 0.1) is 11.5 Å². The first-order valence-electron chi connectivity index (χ1n) is 10.4. The number of nitrogens with zero attached hydrogens (tertiary/aromatic N) is 2. The van der Waals surface area contributed by atoms with Crippen LogP contribution in [0.4, 0.5) is 0 Å². The maximum atomic E-state index is 13.0. The maximum absolute atomic E-state index is 13.0. The van der Waals surface area contributed by atoms with Gasteiger partial charge in [-0.25, -0.2) is 8.42 Å². The van der Waals surface area contributed by atoms with Crippen molar-refractivity contribution in [3.63, 3.8) is 0 Å². The molecule has 2 aromatic carbocycles. The van der Waals surface area contributed by atoms with E-state index >= 15 is 0 Å². The number of carbonyl (C=O) groups is 1. The van der Waals surface area contributed by atoms with E-state index < -0.39 is 10.0 Å². The SMILES string of the molecule is CCOc1ccc(C(=O)N2CCCCC2)cc1CN(C)S(=O)(=O)c1ccc(C)cc1. The van der Waals surface area contributed by atoms with E-state index in [2.05, 4.69) is 0 Å². The highest BCUT2D eigenvalue weighted by atomic mass is 32.2. The standard InChI is InChI=1S/C23H30N2O4S/c1-4-29-22-13-10-19(23(26)25-14-6-5-7-15-25)16-20(22)17-24(3)30(27,28)21-11-8-18(2)9-12-21/h8-13,16H,4-7,14-15,17H2,1-3H3. The van der Waals surface area contributed by atoms with Crippen molar-refractivity contribution < 1.29 is 17.9 Å². The summed E-state index contributed by atoms with van der Waals surface area (Å²) in [6.45, 7) is 5.91. The Kier molecular flexibility index (Phi) is 7.15. The average molecular weight is 431 g/mol. The third-order valence-corrected chi connectivity index (χ3v) is 7.19. The highest BCUT2D eigenvalue weighted by Crippen LogP contribution is 2.26. The number of likely N-dealkylation sites (tertiary alicyclic amines) is 1. The van der Waals surface area contributed by atoms with Gasteiger partial charge in [0.15, 0.2) is 0 Å². The number of carbonyl (C=O) groups excluding carboxylic acids is 1. The minimum Gasteiger partial charge on any atom is -0.494 e. The molecule has 2 aromatic rings. The zero-order chi connectivity index (χ0) is 21.7. The van der Waals surface area contributed by atoms with Crippen LogP contribution in [0.3, 0.4) is 0 Å². The van der Waals surface area contributed by atoms with E-state index in [1.165, 1.54) is 4.31 Å². The molecule has 7 heteroatoms. The summed E-state index contributed by atoms with van der Waals surface area (Å²) >= 11 is 0. The first-order valence-corrected chi connectivity index (χ1v) is 11.8. The molecule has 1 aliphatic heterocycles. The second kappa shape index (κ2) is 9.62. The van der Waals surface area contributed by atoms with E-state index in [0.29, 0.717) is 23.5 Å². The molecule has 0 atom stereocenters. The lowest BCUT2D eigenvalue weighted by molar-refractivity contribution is 0.0724. The summed E-state index contributed by atoms with van der Waals surface area (Å²) in [5.74, 6) is 0.585. The largest absolute Gasteiger partial charge is 0.494 e. The third kappa shape index (κ3) is 5.02. The minimum atomic E-state index is -3.66. The molecule has 0 radical (unpaired) electrons. The van der Waals surface area contributed by atoms with Gasteiger partial charge in [-0.15, -0.1) is 0 Å². The van der Waals surface area contributed by atoms with Gasteiger partial charge >= 0.3 is 0 Å². The molecule has 0 spiro atoms. The zero-order valence-electron chi connectivity index (χ0n) is 17.9. The van der Waals surface area contributed by atoms with E-state index in [1.807, 2.05) is 18.7 Å². The summed E-state index contributed by atoms with van der Waals surface area (Å²) in [5.41, 5.74) is 2.24. The Hall–Kier alpha value is -2.38. The van der Waals surface area contributed by atoms with Crippen LogP contribution in [0.25, 0.3) is 0 Å². The molecule has 1 amide bonds. The first kappa shape index (κ1) is 22.3. The van der Waals surface area contributed by atoms with Crippen LogP contribution < -0.4 is 4.74 Å². The van der Waals surface area contributed by atoms with Gasteiger partial charge in [0, 0.05) is 37.8 Å². The summed E-state index contributed by atoms with van der Waals surface area (Å²) in [6, 6.07) is 12.1. The van der Waals surface area contributed by atoms with Gasteiger partial charge in [-0.3, -0.25) is 4.79 Å². The molecule has 0 aliphatic carbocycles. The lowest BCUT2D eigenvalue weighted by Crippen LogP contribution is -2.35. The Bertz CT molecular complexity index is 981. The second-order valence-corrected chi connectivity index (χ2v) is 9.73. The molecule has 0 unspecified atom stereocenters. The number of amides is 1. The molecule has 3 rings (SSSR count). The van der Waals surface area contributed by atoms with Crippen molar-refractivity contribution in [1.82, 2.24) is 9.21 Å². The quantitative estimate of drug-likeness (QED) is 0.669. The molecular weight excluding hydrogens is 400 g/mol. The van der Waals surface area contributed by atoms with Crippen molar-refractivity contribution in [2.75, 3.05) is 26.7 Å². The molecule has 6 nitrogen and oxygen atoms in total. The predicted octanol–water partition coefficient (Wildman–Crippen LogP) is 3.84. The number of rotatable bonds is 7. The van der Waals surface area contributed by atoms with Crippen molar-refractivity contribution in [2.24, 2.45) is 0 Å². The Morgan fingerprint density at radius 3 is 2.37 bits per heavy atom. The van der Waals surface area contributed by atoms with E-state index in [-0.39, 0.29) is 17.3 Å². The van der Waals surface area contributed by atoms with Crippen LogP contribution in [0.5, 0.6) is 5.75 Å². The minimum absolute atomic E-state index is 0.0111. The van der Waals surface area contributed by atoms with Crippen LogP contribution in [-0.4, -0.2) is 50.3 Å². The molecule has 1 aliphatic rings. The summed E-state index contributed by atoms with van der Waals surface area (Å²) < 4.78 is 33.0. The molecule has 1 saturated heterocycles. The number of aryl methyl sites for hydroxylation is 1. The Morgan fingerprint density at radius 2 is 1.73 bits per heavy atom. The van der Waals surface area contributed by atoms with Crippen LogP contribution in [-0.2, 0) is 16.6 Å². The topological polar surface area (TPSA) is 66.9 Å². The summed E-state index contributed by atoms with van der Waals surface area (Å²) in [4.78, 5) is 15.0. The van der Waals surface area contributed by atoms with Gasteiger partial charge in [-0.2, -0.15) is 4.31 Å². The fourth-order valence-corrected chi connectivity index (χ4v) is 4.78. The highest BCUT2D eigenvalue weighted by Gasteiger charge is 2.24. The average Bonchev–Trinajstić information content (AvgIpc) is 2.75. The third-order valence-electron chi connectivity index (χ3n) is 5.37. The Labute approximate surface area is 179 Å². The van der Waals surface area contributed by atoms with Gasteiger partial charge in [0.1, 0.15) is 5.75 Å². The van der Waals surface area contributed by atoms with Crippen LogP contribution >= 0.6 is 0 Å². The van der Waals surface area contributed by atoms with E-state index in [0.717, 1.165) is 37.9 Å². The number of hydrogen-bond acceptors (Lipinski definition) is 4. The number of benzene rings is 2. The van der Waals surface area contributed by atoms with Crippen molar-refractivity contribution >= 4 is 15.9 Å². The molecular formula is C23H30N2O4S. The van der Waals surface area contributed by atoms with E-state index in [9.17, 15) is 13.2 Å². The molecule has 0 bridgehead atoms. The van der Waals surface area contributed by atoms with Gasteiger partial charge in [-0.1, -0.05) is 17.7 Å². The van der Waals surface area contributed by atoms with Crippen LogP contribution in [0.2, 0.25) is 0 Å². The molecule has 1 fully saturated rings. The number of sulfonamides is 1. The number of hydrogen-bond donors (Lipinski definition) is 0. The molecule has 30 heavy (non-hydrogen) atoms. The van der Waals surface area contributed by atoms with Gasteiger partial charge in [0.25, 0.3) is 5.91 Å². The molecule has 0 aromatic heterocycles. The van der Waals surface area contributed by atoms with Crippen LogP contribution in [0.15, 0.2) is 47.4 Å².